The van der Waals surface area contributed by atoms with Crippen LogP contribution in [0.3, 0.4) is 0 Å². The molecule has 1 saturated heterocycles. The molecule has 1 amide bonds. The van der Waals surface area contributed by atoms with Crippen molar-refractivity contribution in [3.05, 3.63) is 71.5 Å². The van der Waals surface area contributed by atoms with Crippen LogP contribution in [0, 0.1) is 6.92 Å². The fraction of sp³-hybridized carbons (Fsp3) is 0.300. The Labute approximate surface area is 152 Å². The number of piperidine rings is 1. The highest BCUT2D eigenvalue weighted by Gasteiger charge is 2.24. The Morgan fingerprint density at radius 3 is 2.50 bits per heavy atom. The van der Waals surface area contributed by atoms with Crippen LogP contribution in [-0.4, -0.2) is 44.1 Å². The van der Waals surface area contributed by atoms with Crippen molar-refractivity contribution in [2.45, 2.75) is 25.7 Å². The lowest BCUT2D eigenvalue weighted by Crippen LogP contribution is -2.37. The van der Waals surface area contributed by atoms with Gasteiger partial charge in [-0.3, -0.25) is 4.79 Å². The molecule has 1 fully saturated rings. The van der Waals surface area contributed by atoms with Crippen molar-refractivity contribution in [2.75, 3.05) is 13.1 Å². The van der Waals surface area contributed by atoms with Crippen molar-refractivity contribution < 1.29 is 4.79 Å². The van der Waals surface area contributed by atoms with E-state index in [2.05, 4.69) is 39.8 Å². The van der Waals surface area contributed by atoms with E-state index in [1.807, 2.05) is 42.2 Å². The normalized spacial score (nSPS) is 15.2. The fourth-order valence-corrected chi connectivity index (χ4v) is 3.56. The molecule has 0 N–H and O–H groups in total. The van der Waals surface area contributed by atoms with Crippen LogP contribution >= 0.6 is 0 Å². The van der Waals surface area contributed by atoms with Crippen LogP contribution in [0.15, 0.2) is 54.6 Å². The summed E-state index contributed by atoms with van der Waals surface area (Å²) in [5.41, 5.74) is 2.85. The van der Waals surface area contributed by atoms with E-state index in [1.54, 1.807) is 4.68 Å². The number of hydrogen-bond acceptors (Lipinski definition) is 4. The fourth-order valence-electron chi connectivity index (χ4n) is 3.56. The van der Waals surface area contributed by atoms with Gasteiger partial charge < -0.3 is 4.90 Å². The zero-order valence-electron chi connectivity index (χ0n) is 14.7. The monoisotopic (exact) mass is 347 g/mol. The number of hydrogen-bond donors (Lipinski definition) is 0. The maximum atomic E-state index is 12.9. The Morgan fingerprint density at radius 2 is 1.81 bits per heavy atom. The summed E-state index contributed by atoms with van der Waals surface area (Å²) in [5.74, 6) is 1.30. The number of amides is 1. The summed E-state index contributed by atoms with van der Waals surface area (Å²) < 4.78 is 1.64. The first-order valence-corrected chi connectivity index (χ1v) is 8.92. The molecule has 2 aromatic carbocycles. The Kier molecular flexibility index (Phi) is 4.48. The zero-order chi connectivity index (χ0) is 17.9. The number of nitrogens with zero attached hydrogens (tertiary/aromatic N) is 5. The molecule has 1 aromatic heterocycles. The second-order valence-corrected chi connectivity index (χ2v) is 6.67. The molecule has 0 spiro atoms. The molecule has 0 saturated carbocycles. The molecule has 6 nitrogen and oxygen atoms in total. The first-order chi connectivity index (χ1) is 12.7. The van der Waals surface area contributed by atoms with Crippen molar-refractivity contribution in [3.63, 3.8) is 0 Å². The summed E-state index contributed by atoms with van der Waals surface area (Å²) in [6.45, 7) is 3.40. The average Bonchev–Trinajstić information content (AvgIpc) is 3.14. The number of carbonyl (C=O) groups excluding carboxylic acids is 1. The topological polar surface area (TPSA) is 63.9 Å². The van der Waals surface area contributed by atoms with Gasteiger partial charge in [0, 0.05) is 18.7 Å². The molecule has 0 unspecified atom stereocenters. The summed E-state index contributed by atoms with van der Waals surface area (Å²) >= 11 is 0. The smallest absolute Gasteiger partial charge is 0.253 e. The minimum atomic E-state index is 0.0732. The molecule has 4 rings (SSSR count). The minimum Gasteiger partial charge on any atom is -0.339 e. The van der Waals surface area contributed by atoms with Gasteiger partial charge in [-0.1, -0.05) is 36.4 Å². The lowest BCUT2D eigenvalue weighted by molar-refractivity contribution is 0.0713. The Morgan fingerprint density at radius 1 is 1.04 bits per heavy atom. The van der Waals surface area contributed by atoms with E-state index in [9.17, 15) is 4.79 Å². The van der Waals surface area contributed by atoms with Crippen LogP contribution in [0.4, 0.5) is 0 Å². The van der Waals surface area contributed by atoms with Crippen LogP contribution in [-0.2, 0) is 0 Å². The van der Waals surface area contributed by atoms with E-state index < -0.39 is 0 Å². The molecule has 26 heavy (non-hydrogen) atoms. The minimum absolute atomic E-state index is 0.0732. The molecule has 0 aliphatic carbocycles. The van der Waals surface area contributed by atoms with E-state index in [0.717, 1.165) is 31.6 Å². The number of rotatable bonds is 3. The van der Waals surface area contributed by atoms with E-state index in [1.165, 1.54) is 5.56 Å². The first kappa shape index (κ1) is 16.4. The molecule has 0 atom stereocenters. The molecule has 6 heteroatoms. The predicted octanol–water partition coefficient (Wildman–Crippen LogP) is 2.99. The number of aryl methyl sites for hydroxylation is 1. The number of tetrazole rings is 1. The molecular formula is C20H21N5O. The van der Waals surface area contributed by atoms with Crippen molar-refractivity contribution in [1.82, 2.24) is 25.1 Å². The molecule has 0 radical (unpaired) electrons. The van der Waals surface area contributed by atoms with Crippen LogP contribution < -0.4 is 0 Å². The average molecular weight is 347 g/mol. The lowest BCUT2D eigenvalue weighted by Gasteiger charge is -2.32. The number of likely N-dealkylation sites (tertiary alicyclic amines) is 1. The Balaban J connectivity index is 1.47. The van der Waals surface area contributed by atoms with Gasteiger partial charge in [-0.2, -0.15) is 4.68 Å². The highest BCUT2D eigenvalue weighted by atomic mass is 16.2. The Bertz CT molecular complexity index is 897. The van der Waals surface area contributed by atoms with Crippen molar-refractivity contribution in [2.24, 2.45) is 0 Å². The number of carbonyl (C=O) groups is 1. The molecule has 3 aromatic rings. The van der Waals surface area contributed by atoms with Crippen molar-refractivity contribution in [3.8, 4) is 5.69 Å². The first-order valence-electron chi connectivity index (χ1n) is 8.92. The largest absolute Gasteiger partial charge is 0.339 e. The summed E-state index contributed by atoms with van der Waals surface area (Å²) in [6.07, 6.45) is 2.00. The number of benzene rings is 2. The van der Waals surface area contributed by atoms with Gasteiger partial charge in [0.05, 0.1) is 5.69 Å². The summed E-state index contributed by atoms with van der Waals surface area (Å²) in [5, 5.41) is 11.5. The Hall–Kier alpha value is -3.02. The molecule has 2 heterocycles. The molecular weight excluding hydrogens is 326 g/mol. The maximum Gasteiger partial charge on any atom is 0.253 e. The van der Waals surface area contributed by atoms with Crippen molar-refractivity contribution >= 4 is 5.91 Å². The molecule has 1 aliphatic heterocycles. The van der Waals surface area contributed by atoms with E-state index >= 15 is 0 Å². The van der Waals surface area contributed by atoms with Gasteiger partial charge in [0.2, 0.25) is 0 Å². The third-order valence-electron chi connectivity index (χ3n) is 5.02. The molecule has 132 valence electrons. The van der Waals surface area contributed by atoms with Crippen LogP contribution in [0.25, 0.3) is 5.69 Å². The summed E-state index contributed by atoms with van der Waals surface area (Å²) in [7, 11) is 0. The lowest BCUT2D eigenvalue weighted by atomic mass is 9.89. The summed E-state index contributed by atoms with van der Waals surface area (Å²) in [6, 6.07) is 18.1. The van der Waals surface area contributed by atoms with Crippen LogP contribution in [0.2, 0.25) is 0 Å². The van der Waals surface area contributed by atoms with Gasteiger partial charge in [0.15, 0.2) is 5.82 Å². The maximum absolute atomic E-state index is 12.9. The highest BCUT2D eigenvalue weighted by Crippen LogP contribution is 2.28. The van der Waals surface area contributed by atoms with Gasteiger partial charge >= 0.3 is 0 Å². The highest BCUT2D eigenvalue weighted by molar-refractivity contribution is 5.94. The van der Waals surface area contributed by atoms with Gasteiger partial charge in [-0.05, 0) is 59.9 Å². The number of aromatic nitrogens is 4. The summed E-state index contributed by atoms with van der Waals surface area (Å²) in [4.78, 5) is 14.9. The van der Waals surface area contributed by atoms with E-state index in [4.69, 9.17) is 0 Å². The van der Waals surface area contributed by atoms with Gasteiger partial charge in [-0.15, -0.1) is 5.10 Å². The standard InChI is InChI=1S/C20H21N5O/c1-15-21-22-23-25(15)19-9-5-8-18(14-19)20(26)24-12-10-17(11-13-24)16-6-3-2-4-7-16/h2-9,14,17H,10-13H2,1H3. The van der Waals surface area contributed by atoms with E-state index in [-0.39, 0.29) is 5.91 Å². The molecule has 0 bridgehead atoms. The van der Waals surface area contributed by atoms with E-state index in [0.29, 0.717) is 17.3 Å². The van der Waals surface area contributed by atoms with Gasteiger partial charge in [0.1, 0.15) is 0 Å². The van der Waals surface area contributed by atoms with Crippen LogP contribution in [0.5, 0.6) is 0 Å². The second kappa shape index (κ2) is 7.07. The van der Waals surface area contributed by atoms with Gasteiger partial charge in [-0.25, -0.2) is 0 Å². The quantitative estimate of drug-likeness (QED) is 0.731. The SMILES string of the molecule is Cc1nnnn1-c1cccc(C(=O)N2CCC(c3ccccc3)CC2)c1. The third kappa shape index (κ3) is 3.22. The van der Waals surface area contributed by atoms with Crippen LogP contribution in [0.1, 0.15) is 40.5 Å². The second-order valence-electron chi connectivity index (χ2n) is 6.67. The molecule has 1 aliphatic rings. The van der Waals surface area contributed by atoms with Gasteiger partial charge in [0.25, 0.3) is 5.91 Å². The zero-order valence-corrected chi connectivity index (χ0v) is 14.7. The van der Waals surface area contributed by atoms with Crippen molar-refractivity contribution in [1.29, 1.82) is 0 Å². The third-order valence-corrected chi connectivity index (χ3v) is 5.02. The predicted molar refractivity (Wildman–Crippen MR) is 98.2 cm³/mol.